The average Bonchev–Trinajstić information content (AvgIpc) is 1.33. The first kappa shape index (κ1) is 24.3. The molecule has 0 fully saturated rings. The standard InChI is InChI=1S/5ClH.2K.NO.Ru/c;;;;;;;1-2;/h5*1H;;;;/q;;;;;2*+1;-1;+3/p-5. The molecule has 0 aliphatic heterocycles. The van der Waals surface area contributed by atoms with Gasteiger partial charge in [-0.2, -0.15) is 0 Å². The summed E-state index contributed by atoms with van der Waals surface area (Å²) >= 11 is 0. The molecule has 0 atom stereocenters. The Bertz CT molecular complexity index is 62.5. The van der Waals surface area contributed by atoms with Crippen LogP contribution < -0.4 is 103 Å². The predicted molar refractivity (Wildman–Crippen MR) is 36.0 cm³/mol. The van der Waals surface area contributed by atoms with Gasteiger partial charge in [0.2, 0.25) is 0 Å². The number of nitroso groups, excluding NO2 is 1. The first-order valence-corrected chi connectivity index (χ1v) is 12.0. The van der Waals surface area contributed by atoms with Crippen molar-refractivity contribution >= 4 is 48.5 Å². The van der Waals surface area contributed by atoms with Gasteiger partial charge in [0.1, 0.15) is 0 Å². The van der Waals surface area contributed by atoms with Crippen LogP contribution in [0.4, 0.5) is 0 Å². The normalized spacial score (nSPS) is 11.9. The van der Waals surface area contributed by atoms with Gasteiger partial charge in [0.05, 0.1) is 0 Å². The zero-order chi connectivity index (χ0) is 7.45. The molecule has 0 unspecified atom stereocenters. The van der Waals surface area contributed by atoms with Gasteiger partial charge in [-0.15, -0.1) is 0 Å². The molecule has 0 aromatic heterocycles. The minimum atomic E-state index is -4.11. The Morgan fingerprint density at radius 3 is 0.800 bits per heavy atom. The second-order valence-electron chi connectivity index (χ2n) is 0.505. The van der Waals surface area contributed by atoms with E-state index in [4.69, 9.17) is 59.0 Å². The number of nitrogens with zero attached hydrogens (tertiary/aromatic N) is 1. The molecule has 0 aromatic rings. The van der Waals surface area contributed by atoms with Crippen molar-refractivity contribution in [3.63, 3.8) is 0 Å². The smallest absolute Gasteiger partial charge is 0.577 e. The van der Waals surface area contributed by atoms with Crippen LogP contribution in [0.2, 0.25) is 0 Å². The molecule has 0 spiro atoms. The van der Waals surface area contributed by atoms with E-state index < -0.39 is 8.65 Å². The Morgan fingerprint density at radius 2 is 0.800 bits per heavy atom. The predicted octanol–water partition coefficient (Wildman–Crippen LogP) is -2.22. The maximum Gasteiger partial charge on any atom is 1.00 e. The second kappa shape index (κ2) is 10.5. The Kier molecular flexibility index (Phi) is 25.4. The molecule has 0 aliphatic carbocycles. The molecule has 57 valence electrons. The van der Waals surface area contributed by atoms with Gasteiger partial charge < -0.3 is 10.5 Å². The minimum absolute atomic E-state index is 0. The summed E-state index contributed by atoms with van der Waals surface area (Å²) < 4.78 is 0. The van der Waals surface area contributed by atoms with E-state index in [0.717, 1.165) is 0 Å². The SMILES string of the molecule is [Cl][Ru-2]([Cl])([Cl])([Cl])[Cl].[K+].[K+].[N-]=O. The van der Waals surface area contributed by atoms with Crippen molar-refractivity contribution in [3.8, 4) is 0 Å². The number of hydrogen-bond acceptors (Lipinski definition) is 1. The summed E-state index contributed by atoms with van der Waals surface area (Å²) in [5.74, 6) is 0. The zero-order valence-electron chi connectivity index (χ0n) is 5.10. The van der Waals surface area contributed by atoms with Gasteiger partial charge in [0, 0.05) is 0 Å². The van der Waals surface area contributed by atoms with E-state index in [1.807, 2.05) is 0 Å². The van der Waals surface area contributed by atoms with Gasteiger partial charge in [-0.05, 0) is 0 Å². The summed E-state index contributed by atoms with van der Waals surface area (Å²) in [4.78, 5) is 7.25. The molecule has 0 bridgehead atoms. The van der Waals surface area contributed by atoms with Crippen LogP contribution in [0.3, 0.4) is 0 Å². The Balaban J connectivity index is -0.0000000412. The van der Waals surface area contributed by atoms with Gasteiger partial charge in [-0.1, -0.05) is 0 Å². The minimum Gasteiger partial charge on any atom is -0.577 e. The molecule has 0 radical (unpaired) electrons. The molecule has 0 rings (SSSR count). The fourth-order valence-corrected chi connectivity index (χ4v) is 0. The first-order valence-electron chi connectivity index (χ1n) is 0.851. The fourth-order valence-electron chi connectivity index (χ4n) is 0. The molecule has 0 aromatic carbocycles. The van der Waals surface area contributed by atoms with Crippen molar-refractivity contribution in [2.24, 2.45) is 0 Å². The van der Waals surface area contributed by atoms with E-state index in [0.29, 0.717) is 0 Å². The summed E-state index contributed by atoms with van der Waals surface area (Å²) in [5, 5.41) is 0. The van der Waals surface area contributed by atoms with Crippen LogP contribution in [0.1, 0.15) is 0 Å². The third-order valence-electron chi connectivity index (χ3n) is 0. The number of rotatable bonds is 0. The van der Waals surface area contributed by atoms with Crippen molar-refractivity contribution in [3.05, 3.63) is 10.5 Å². The summed E-state index contributed by atoms with van der Waals surface area (Å²) in [7, 11) is 21.0. The summed E-state index contributed by atoms with van der Waals surface area (Å²) in [6, 6.07) is 0. The van der Waals surface area contributed by atoms with Crippen molar-refractivity contribution in [2.75, 3.05) is 0 Å². The molecule has 2 nitrogen and oxygen atoms in total. The van der Waals surface area contributed by atoms with E-state index in [-0.39, 0.29) is 103 Å². The van der Waals surface area contributed by atoms with Crippen LogP contribution >= 0.6 is 48.5 Å². The van der Waals surface area contributed by atoms with Crippen LogP contribution in [0, 0.1) is 4.91 Å². The molecule has 0 saturated carbocycles. The van der Waals surface area contributed by atoms with E-state index in [9.17, 15) is 0 Å². The molecule has 10 heteroatoms. The molecule has 0 saturated heterocycles. The van der Waals surface area contributed by atoms with Gasteiger partial charge in [0.25, 0.3) is 0 Å². The third kappa shape index (κ3) is 75.5. The quantitative estimate of drug-likeness (QED) is 0.435. The Hall–Kier alpha value is 4.95. The van der Waals surface area contributed by atoms with Crippen molar-refractivity contribution < 1.29 is 111 Å². The number of halogens is 5. The summed E-state index contributed by atoms with van der Waals surface area (Å²) in [5.41, 5.74) is 5.75. The maximum absolute atomic E-state index is 7.25. The van der Waals surface area contributed by atoms with E-state index in [1.54, 1.807) is 0 Å². The van der Waals surface area contributed by atoms with Crippen LogP contribution in [0.25, 0.3) is 5.59 Å². The van der Waals surface area contributed by atoms with Crippen LogP contribution in [0.15, 0.2) is 0 Å². The van der Waals surface area contributed by atoms with E-state index >= 15 is 0 Å². The maximum atomic E-state index is 7.25. The molecular weight excluding hydrogens is 387 g/mol. The van der Waals surface area contributed by atoms with E-state index in [2.05, 4.69) is 0 Å². The van der Waals surface area contributed by atoms with E-state index in [1.165, 1.54) is 0 Å². The van der Waals surface area contributed by atoms with Crippen molar-refractivity contribution in [1.29, 1.82) is 0 Å². The van der Waals surface area contributed by atoms with Gasteiger partial charge in [0.15, 0.2) is 0 Å². The largest absolute Gasteiger partial charge is 1.00 e. The molecule has 0 amide bonds. The fraction of sp³-hybridized carbons (Fsp3) is 0. The summed E-state index contributed by atoms with van der Waals surface area (Å²) in [6.45, 7) is 0. The number of hydrogen-bond donors (Lipinski definition) is 0. The van der Waals surface area contributed by atoms with Crippen molar-refractivity contribution in [1.82, 2.24) is 0 Å². The summed E-state index contributed by atoms with van der Waals surface area (Å²) in [6.07, 6.45) is 0. The average molecular weight is 387 g/mol. The van der Waals surface area contributed by atoms with Gasteiger partial charge in [-0.3, -0.25) is 0 Å². The van der Waals surface area contributed by atoms with Crippen LogP contribution in [-0.4, -0.2) is 0 Å². The first-order chi connectivity index (χ1) is 3.24. The Morgan fingerprint density at radius 1 is 0.800 bits per heavy atom. The third-order valence-corrected chi connectivity index (χ3v) is 0. The zero-order valence-corrected chi connectivity index (χ0v) is 16.9. The molecular formula is Cl5K2NORu-. The van der Waals surface area contributed by atoms with Gasteiger partial charge in [-0.25, -0.2) is 0 Å². The molecule has 0 N–H and O–H groups in total. The topological polar surface area (TPSA) is 39.4 Å². The molecule has 10 heavy (non-hydrogen) atoms. The van der Waals surface area contributed by atoms with Crippen LogP contribution in [0.5, 0.6) is 0 Å². The van der Waals surface area contributed by atoms with Gasteiger partial charge >= 0.3 is 160 Å². The molecule has 0 heterocycles. The Labute approximate surface area is 165 Å². The second-order valence-corrected chi connectivity index (χ2v) is 26.9. The van der Waals surface area contributed by atoms with Crippen molar-refractivity contribution in [2.45, 2.75) is 0 Å². The molecule has 0 aliphatic rings. The van der Waals surface area contributed by atoms with Crippen LogP contribution in [-0.2, 0) is 8.65 Å². The monoisotopic (exact) mass is 385 g/mol.